The molecule has 8 rings (SSSR count). The first-order chi connectivity index (χ1) is 27.9. The summed E-state index contributed by atoms with van der Waals surface area (Å²) in [6, 6.07) is 29.2. The van der Waals surface area contributed by atoms with Crippen LogP contribution < -0.4 is 19.5 Å². The third kappa shape index (κ3) is 8.04. The fourth-order valence-electron chi connectivity index (χ4n) is 8.58. The normalized spacial score (nSPS) is 17.6. The van der Waals surface area contributed by atoms with E-state index in [0.29, 0.717) is 42.4 Å². The molecule has 2 saturated heterocycles. The zero-order chi connectivity index (χ0) is 39.4. The van der Waals surface area contributed by atoms with Crippen molar-refractivity contribution in [3.8, 4) is 17.2 Å². The van der Waals surface area contributed by atoms with Gasteiger partial charge in [0.2, 0.25) is 11.7 Å². The van der Waals surface area contributed by atoms with Crippen molar-refractivity contribution in [3.05, 3.63) is 132 Å². The molecule has 0 saturated carbocycles. The molecule has 1 atom stereocenters. The van der Waals surface area contributed by atoms with Gasteiger partial charge in [0.15, 0.2) is 11.5 Å². The Morgan fingerprint density at radius 1 is 0.877 bits per heavy atom. The Kier molecular flexibility index (Phi) is 11.1. The second-order valence-electron chi connectivity index (χ2n) is 15.2. The number of methoxy groups -OCH3 is 3. The summed E-state index contributed by atoms with van der Waals surface area (Å²) < 4.78 is 35.2. The molecule has 6 aromatic rings. The number of aromatic nitrogens is 4. The van der Waals surface area contributed by atoms with Gasteiger partial charge in [-0.1, -0.05) is 54.6 Å². The molecular weight excluding hydrogens is 722 g/mol. The topological polar surface area (TPSA) is 98.9 Å². The van der Waals surface area contributed by atoms with Crippen molar-refractivity contribution in [2.24, 2.45) is 0 Å². The molecular formula is C45H50FN7O4. The van der Waals surface area contributed by atoms with E-state index in [2.05, 4.69) is 61.8 Å². The highest BCUT2D eigenvalue weighted by Gasteiger charge is 2.42. The Bertz CT molecular complexity index is 2280. The van der Waals surface area contributed by atoms with E-state index in [1.165, 1.54) is 17.7 Å². The molecule has 1 N–H and O–H groups in total. The number of piperidine rings is 1. The van der Waals surface area contributed by atoms with Gasteiger partial charge in [-0.2, -0.15) is 0 Å². The van der Waals surface area contributed by atoms with E-state index < -0.39 is 0 Å². The molecule has 296 valence electrons. The number of anilines is 1. The molecule has 12 heteroatoms. The van der Waals surface area contributed by atoms with Crippen molar-refractivity contribution < 1.29 is 23.4 Å². The minimum absolute atomic E-state index is 0.101. The maximum atomic E-state index is 14.2. The maximum Gasteiger partial charge on any atom is 0.254 e. The van der Waals surface area contributed by atoms with E-state index in [0.717, 1.165) is 80.2 Å². The van der Waals surface area contributed by atoms with Crippen LogP contribution in [0.25, 0.3) is 11.0 Å². The first-order valence-electron chi connectivity index (χ1n) is 19.7. The third-order valence-electron chi connectivity index (χ3n) is 11.8. The van der Waals surface area contributed by atoms with E-state index in [4.69, 9.17) is 24.2 Å². The molecule has 2 fully saturated rings. The zero-order valence-corrected chi connectivity index (χ0v) is 32.9. The number of nitrogens with zero attached hydrogens (tertiary/aromatic N) is 6. The Morgan fingerprint density at radius 3 is 2.32 bits per heavy atom. The number of ether oxygens (including phenoxy) is 3. The number of likely N-dealkylation sites (tertiary alicyclic amines) is 2. The number of hydrogen-bond donors (Lipinski definition) is 1. The van der Waals surface area contributed by atoms with Crippen LogP contribution in [0.15, 0.2) is 103 Å². The number of imidazole rings is 2. The van der Waals surface area contributed by atoms with Crippen LogP contribution in [0.2, 0.25) is 0 Å². The summed E-state index contributed by atoms with van der Waals surface area (Å²) in [4.78, 5) is 28.2. The largest absolute Gasteiger partial charge is 0.493 e. The Morgan fingerprint density at radius 2 is 1.60 bits per heavy atom. The van der Waals surface area contributed by atoms with Crippen molar-refractivity contribution in [1.29, 1.82) is 0 Å². The standard InChI is InChI=1S/C45H50FN7O4/c1-55-39-27-33(28-40(56-2)42(39)57-3)43(54)52-25-20-45(31-52,34-13-15-35(46)16-14-34)19-24-50-22-17-36(18-23-50)48-44-49-37-11-7-8-12-38(37)53(44)30-41-47-21-26-51(41)29-32-9-5-4-6-10-32/h4-16,21,26-28,36H,17-20,22-25,29-31H2,1-3H3,(H,48,49). The first-order valence-corrected chi connectivity index (χ1v) is 19.7. The van der Waals surface area contributed by atoms with E-state index in [1.54, 1.807) is 33.5 Å². The molecule has 11 nitrogen and oxygen atoms in total. The van der Waals surface area contributed by atoms with Crippen molar-refractivity contribution in [2.45, 2.75) is 50.2 Å². The predicted octanol–water partition coefficient (Wildman–Crippen LogP) is 7.24. The van der Waals surface area contributed by atoms with Gasteiger partial charge in [-0.05, 0) is 79.8 Å². The predicted molar refractivity (Wildman–Crippen MR) is 219 cm³/mol. The average Bonchev–Trinajstić information content (AvgIpc) is 3.98. The molecule has 1 unspecified atom stereocenters. The zero-order valence-electron chi connectivity index (χ0n) is 32.9. The molecule has 1 amide bonds. The Labute approximate surface area is 333 Å². The van der Waals surface area contributed by atoms with Gasteiger partial charge in [-0.25, -0.2) is 14.4 Å². The quantitative estimate of drug-likeness (QED) is 0.124. The van der Waals surface area contributed by atoms with Crippen LogP contribution in [-0.4, -0.2) is 94.9 Å². The number of carbonyl (C=O) groups excluding carboxylic acids is 1. The minimum Gasteiger partial charge on any atom is -0.493 e. The van der Waals surface area contributed by atoms with Crippen molar-refractivity contribution in [3.63, 3.8) is 0 Å². The smallest absolute Gasteiger partial charge is 0.254 e. The number of benzene rings is 4. The number of para-hydroxylation sites is 2. The number of carbonyl (C=O) groups is 1. The van der Waals surface area contributed by atoms with Crippen LogP contribution in [0.3, 0.4) is 0 Å². The summed E-state index contributed by atoms with van der Waals surface area (Å²) in [6.07, 6.45) is 7.49. The lowest BCUT2D eigenvalue weighted by Gasteiger charge is -2.36. The van der Waals surface area contributed by atoms with Crippen molar-refractivity contribution in [2.75, 3.05) is 59.4 Å². The van der Waals surface area contributed by atoms with Crippen molar-refractivity contribution in [1.82, 2.24) is 28.9 Å². The molecule has 4 aromatic carbocycles. The highest BCUT2D eigenvalue weighted by Crippen LogP contribution is 2.42. The highest BCUT2D eigenvalue weighted by molar-refractivity contribution is 5.96. The lowest BCUT2D eigenvalue weighted by Crippen LogP contribution is -2.42. The van der Waals surface area contributed by atoms with Crippen LogP contribution in [0.4, 0.5) is 10.3 Å². The summed E-state index contributed by atoms with van der Waals surface area (Å²) in [5, 5.41) is 3.82. The average molecular weight is 772 g/mol. The second-order valence-corrected chi connectivity index (χ2v) is 15.2. The Balaban J connectivity index is 0.936. The fraction of sp³-hybridized carbons (Fsp3) is 0.356. The van der Waals surface area contributed by atoms with E-state index >= 15 is 0 Å². The molecule has 2 aliphatic rings. The molecule has 4 heterocycles. The molecule has 57 heavy (non-hydrogen) atoms. The van der Waals surface area contributed by atoms with Gasteiger partial charge in [0.05, 0.1) is 38.9 Å². The Hall–Kier alpha value is -5.88. The molecule has 0 spiro atoms. The second kappa shape index (κ2) is 16.7. The maximum absolute atomic E-state index is 14.2. The summed E-state index contributed by atoms with van der Waals surface area (Å²) in [6.45, 7) is 5.23. The number of halogens is 1. The van der Waals surface area contributed by atoms with Gasteiger partial charge in [0, 0.05) is 62.1 Å². The molecule has 0 bridgehead atoms. The number of hydrogen-bond acceptors (Lipinski definition) is 8. The summed E-state index contributed by atoms with van der Waals surface area (Å²) in [5.41, 5.74) is 4.49. The van der Waals surface area contributed by atoms with Crippen LogP contribution in [0.5, 0.6) is 17.2 Å². The van der Waals surface area contributed by atoms with Crippen LogP contribution in [0, 0.1) is 5.82 Å². The van der Waals surface area contributed by atoms with Gasteiger partial charge in [0.25, 0.3) is 5.91 Å². The van der Waals surface area contributed by atoms with E-state index in [9.17, 15) is 9.18 Å². The fourth-order valence-corrected chi connectivity index (χ4v) is 8.58. The van der Waals surface area contributed by atoms with E-state index in [1.807, 2.05) is 41.6 Å². The monoisotopic (exact) mass is 771 g/mol. The van der Waals surface area contributed by atoms with Gasteiger partial charge in [-0.15, -0.1) is 0 Å². The number of nitrogens with one attached hydrogen (secondary N) is 1. The molecule has 2 aliphatic heterocycles. The lowest BCUT2D eigenvalue weighted by molar-refractivity contribution is 0.0779. The summed E-state index contributed by atoms with van der Waals surface area (Å²) in [5.74, 6) is 2.79. The summed E-state index contributed by atoms with van der Waals surface area (Å²) in [7, 11) is 4.63. The van der Waals surface area contributed by atoms with Gasteiger partial charge >= 0.3 is 0 Å². The van der Waals surface area contributed by atoms with Crippen molar-refractivity contribution >= 4 is 22.9 Å². The van der Waals surface area contributed by atoms with Crippen LogP contribution >= 0.6 is 0 Å². The minimum atomic E-state index is -0.309. The van der Waals surface area contributed by atoms with Gasteiger partial charge in [-0.3, -0.25) is 4.79 Å². The highest BCUT2D eigenvalue weighted by atomic mass is 19.1. The number of rotatable bonds is 14. The summed E-state index contributed by atoms with van der Waals surface area (Å²) >= 11 is 0. The van der Waals surface area contributed by atoms with Gasteiger partial charge in [0.1, 0.15) is 11.6 Å². The molecule has 2 aromatic heterocycles. The van der Waals surface area contributed by atoms with Crippen LogP contribution in [-0.2, 0) is 18.5 Å². The van der Waals surface area contributed by atoms with Gasteiger partial charge < -0.3 is 38.5 Å². The molecule has 0 radical (unpaired) electrons. The lowest BCUT2D eigenvalue weighted by atomic mass is 9.76. The third-order valence-corrected chi connectivity index (χ3v) is 11.8. The number of fused-ring (bicyclic) bond motifs is 1. The SMILES string of the molecule is COc1cc(C(=O)N2CCC(CCN3CCC(Nc4nc5ccccc5n4Cc4nccn4Cc4ccccc4)CC3)(c3ccc(F)cc3)C2)cc(OC)c1OC. The molecule has 0 aliphatic carbocycles. The first kappa shape index (κ1) is 38.0. The number of amides is 1. The van der Waals surface area contributed by atoms with Crippen LogP contribution in [0.1, 0.15) is 53.0 Å². The van der Waals surface area contributed by atoms with E-state index in [-0.39, 0.29) is 23.2 Å².